The molecule has 0 saturated heterocycles. The Morgan fingerprint density at radius 2 is 1.92 bits per heavy atom. The molecule has 1 unspecified atom stereocenters. The van der Waals surface area contributed by atoms with Crippen molar-refractivity contribution in [3.8, 4) is 0 Å². The molecule has 4 nitrogen and oxygen atoms in total. The van der Waals surface area contributed by atoms with Crippen LogP contribution in [0.3, 0.4) is 0 Å². The molecule has 0 aromatic carbocycles. The van der Waals surface area contributed by atoms with Crippen molar-refractivity contribution >= 4 is 15.9 Å². The molecule has 0 amide bonds. The maximum atomic E-state index is 10.7. The van der Waals surface area contributed by atoms with Crippen LogP contribution in [0.15, 0.2) is 24.3 Å². The summed E-state index contributed by atoms with van der Waals surface area (Å²) >= 11 is 0. The molecule has 1 rings (SSSR count). The smallest absolute Gasteiger partial charge is 0.747 e. The van der Waals surface area contributed by atoms with Crippen LogP contribution in [0.1, 0.15) is 0 Å². The van der Waals surface area contributed by atoms with Gasteiger partial charge >= 0.3 is 51.4 Å². The fourth-order valence-electron chi connectivity index (χ4n) is 0.744. The Hall–Kier alpha value is 0.696. The van der Waals surface area contributed by atoms with Gasteiger partial charge in [0.2, 0.25) is 0 Å². The second-order valence-corrected chi connectivity index (χ2v) is 3.55. The van der Waals surface area contributed by atoms with E-state index in [4.69, 9.17) is 0 Å². The van der Waals surface area contributed by atoms with Crippen molar-refractivity contribution in [2.45, 2.75) is 5.25 Å². The first-order chi connectivity index (χ1) is 5.02. The van der Waals surface area contributed by atoms with E-state index in [0.29, 0.717) is 0 Å². The molecule has 1 aliphatic rings. The first-order valence-corrected chi connectivity index (χ1v) is 4.32. The van der Waals surface area contributed by atoms with Crippen LogP contribution in [0.5, 0.6) is 0 Å². The van der Waals surface area contributed by atoms with Gasteiger partial charge in [-0.2, -0.15) is 0 Å². The molecular weight excluding hydrogens is 207 g/mol. The van der Waals surface area contributed by atoms with Crippen molar-refractivity contribution in [1.29, 1.82) is 0 Å². The van der Waals surface area contributed by atoms with Crippen LogP contribution in [0, 0.1) is 0 Å². The molecular formula is C6H5KO4S. The molecule has 1 aliphatic carbocycles. The Balaban J connectivity index is 0.00000121. The van der Waals surface area contributed by atoms with Gasteiger partial charge in [0.05, 0.1) is 0 Å². The van der Waals surface area contributed by atoms with E-state index in [1.54, 1.807) is 0 Å². The number of hydrogen-bond donors (Lipinski definition) is 0. The van der Waals surface area contributed by atoms with E-state index in [1.807, 2.05) is 0 Å². The van der Waals surface area contributed by atoms with E-state index in [1.165, 1.54) is 12.2 Å². The van der Waals surface area contributed by atoms with Gasteiger partial charge in [0.1, 0.15) is 15.4 Å². The van der Waals surface area contributed by atoms with E-state index in [0.717, 1.165) is 12.2 Å². The molecule has 1 atom stereocenters. The maximum absolute atomic E-state index is 10.7. The first kappa shape index (κ1) is 12.7. The Bertz CT molecular complexity index is 327. The van der Waals surface area contributed by atoms with Gasteiger partial charge in [0, 0.05) is 0 Å². The minimum Gasteiger partial charge on any atom is -0.747 e. The third-order valence-corrected chi connectivity index (χ3v) is 2.26. The van der Waals surface area contributed by atoms with Gasteiger partial charge in [-0.3, -0.25) is 4.79 Å². The summed E-state index contributed by atoms with van der Waals surface area (Å²) < 4.78 is 31.0. The van der Waals surface area contributed by atoms with Gasteiger partial charge in [-0.25, -0.2) is 8.42 Å². The zero-order valence-electron chi connectivity index (χ0n) is 6.43. The maximum Gasteiger partial charge on any atom is 1.00 e. The second kappa shape index (κ2) is 4.80. The summed E-state index contributed by atoms with van der Waals surface area (Å²) in [5.74, 6) is -0.678. The fourth-order valence-corrected chi connectivity index (χ4v) is 1.39. The molecule has 0 heterocycles. The molecule has 0 aromatic rings. The fraction of sp³-hybridized carbons (Fsp3) is 0.167. The van der Waals surface area contributed by atoms with E-state index in [2.05, 4.69) is 0 Å². The molecule has 0 fully saturated rings. The minimum absolute atomic E-state index is 0. The number of carbonyl (C=O) groups excluding carboxylic acids is 1. The molecule has 0 radical (unpaired) electrons. The van der Waals surface area contributed by atoms with Gasteiger partial charge in [-0.1, -0.05) is 18.2 Å². The Morgan fingerprint density at radius 3 is 2.25 bits per heavy atom. The Morgan fingerprint density at radius 1 is 1.33 bits per heavy atom. The van der Waals surface area contributed by atoms with E-state index in [-0.39, 0.29) is 51.4 Å². The van der Waals surface area contributed by atoms with Crippen LogP contribution in [-0.4, -0.2) is 24.0 Å². The monoisotopic (exact) mass is 212 g/mol. The van der Waals surface area contributed by atoms with E-state index in [9.17, 15) is 17.8 Å². The predicted octanol–water partition coefficient (Wildman–Crippen LogP) is -3.40. The molecule has 0 saturated carbocycles. The summed E-state index contributed by atoms with van der Waals surface area (Å²) in [7, 11) is -4.51. The molecule has 0 N–H and O–H groups in total. The summed E-state index contributed by atoms with van der Waals surface area (Å²) in [6, 6.07) is 0. The number of ketones is 1. The van der Waals surface area contributed by atoms with Crippen LogP contribution in [0.4, 0.5) is 0 Å². The summed E-state index contributed by atoms with van der Waals surface area (Å²) in [6.07, 6.45) is 4.90. The van der Waals surface area contributed by atoms with Crippen LogP contribution >= 0.6 is 0 Å². The average molecular weight is 212 g/mol. The zero-order valence-corrected chi connectivity index (χ0v) is 10.4. The standard InChI is InChI=1S/C6H6O4S.K/c7-5-3-1-2-4-6(5)11(8,9)10;/h1-4,6H,(H,8,9,10);/q;+1/p-1. The molecule has 0 bridgehead atoms. The second-order valence-electron chi connectivity index (χ2n) is 2.06. The molecule has 60 valence electrons. The van der Waals surface area contributed by atoms with Crippen molar-refractivity contribution < 1.29 is 69.1 Å². The normalized spacial score (nSPS) is 22.1. The third kappa shape index (κ3) is 3.21. The van der Waals surface area contributed by atoms with Crippen molar-refractivity contribution in [3.05, 3.63) is 24.3 Å². The van der Waals surface area contributed by atoms with Crippen molar-refractivity contribution in [1.82, 2.24) is 0 Å². The van der Waals surface area contributed by atoms with Crippen molar-refractivity contribution in [2.75, 3.05) is 0 Å². The molecule has 6 heteroatoms. The van der Waals surface area contributed by atoms with Gasteiger partial charge in [0.15, 0.2) is 5.78 Å². The Labute approximate surface area is 113 Å². The van der Waals surface area contributed by atoms with Crippen LogP contribution < -0.4 is 51.4 Å². The summed E-state index contributed by atoms with van der Waals surface area (Å²) in [4.78, 5) is 10.7. The predicted molar refractivity (Wildman–Crippen MR) is 36.8 cm³/mol. The quantitative estimate of drug-likeness (QED) is 0.335. The van der Waals surface area contributed by atoms with Crippen molar-refractivity contribution in [3.63, 3.8) is 0 Å². The topological polar surface area (TPSA) is 74.3 Å². The summed E-state index contributed by atoms with van der Waals surface area (Å²) in [6.45, 7) is 0. The number of carbonyl (C=O) groups is 1. The third-order valence-electron chi connectivity index (χ3n) is 1.25. The number of allylic oxidation sites excluding steroid dienone is 3. The summed E-state index contributed by atoms with van der Waals surface area (Å²) in [5.41, 5.74) is 0. The van der Waals surface area contributed by atoms with Crippen molar-refractivity contribution in [2.24, 2.45) is 0 Å². The Kier molecular flexibility index (Phi) is 5.08. The molecule has 0 aromatic heterocycles. The van der Waals surface area contributed by atoms with Crippen LogP contribution in [0.2, 0.25) is 0 Å². The van der Waals surface area contributed by atoms with Gasteiger partial charge in [-0.15, -0.1) is 0 Å². The molecule has 0 spiro atoms. The van der Waals surface area contributed by atoms with Gasteiger partial charge in [-0.05, 0) is 6.08 Å². The average Bonchev–Trinajstić information content (AvgIpc) is 1.86. The van der Waals surface area contributed by atoms with Gasteiger partial charge in [0.25, 0.3) is 0 Å². The van der Waals surface area contributed by atoms with E-state index >= 15 is 0 Å². The zero-order chi connectivity index (χ0) is 8.48. The molecule has 0 aliphatic heterocycles. The summed E-state index contributed by atoms with van der Waals surface area (Å²) in [5, 5.41) is -1.52. The van der Waals surface area contributed by atoms with Crippen LogP contribution in [0.25, 0.3) is 0 Å². The first-order valence-electron chi connectivity index (χ1n) is 2.85. The van der Waals surface area contributed by atoms with Crippen LogP contribution in [-0.2, 0) is 14.9 Å². The number of rotatable bonds is 1. The van der Waals surface area contributed by atoms with Gasteiger partial charge < -0.3 is 4.55 Å². The SMILES string of the molecule is O=C1C=CC=CC1S(=O)(=O)[O-].[K+]. The van der Waals surface area contributed by atoms with E-state index < -0.39 is 21.2 Å². The largest absolute Gasteiger partial charge is 1.00 e. The minimum atomic E-state index is -4.51. The molecule has 12 heavy (non-hydrogen) atoms. The number of hydrogen-bond acceptors (Lipinski definition) is 4.